The molecule has 0 spiro atoms. The minimum atomic E-state index is 0. The van der Waals surface area contributed by atoms with E-state index < -0.39 is 0 Å². The molecule has 1 atom stereocenters. The van der Waals surface area contributed by atoms with Crippen molar-refractivity contribution in [3.05, 3.63) is 54.1 Å². The first-order valence-electron chi connectivity index (χ1n) is 14.7. The zero-order chi connectivity index (χ0) is 24.0. The Bertz CT molecular complexity index is 681. The Balaban J connectivity index is 0.000000640. The third kappa shape index (κ3) is 10.0. The first kappa shape index (κ1) is 31.3. The number of unbranched alkanes of at least 4 members (excludes halogenated alkanes) is 2. The van der Waals surface area contributed by atoms with E-state index >= 15 is 0 Å². The Hall–Kier alpha value is 0.0795. The third-order valence-corrected chi connectivity index (χ3v) is 14.9. The molecule has 1 unspecified atom stereocenters. The molecule has 2 saturated carbocycles. The quantitative estimate of drug-likeness (QED) is 0.147. The maximum absolute atomic E-state index is 2.62. The summed E-state index contributed by atoms with van der Waals surface area (Å²) in [5, 5.41) is 1.88. The SMILES string of the molecule is CCCCP(CCCC)C(C)[c-]1cccc1P(C1CCCCC1)C1CCCCC1.[Fe].[cH-]1[cH-][cH-][cH-][cH-]1. The van der Waals surface area contributed by atoms with Gasteiger partial charge in [0.05, 0.1) is 0 Å². The summed E-state index contributed by atoms with van der Waals surface area (Å²) in [7, 11) is 0.202. The van der Waals surface area contributed by atoms with Gasteiger partial charge in [0, 0.05) is 17.1 Å². The predicted octanol–water partition coefficient (Wildman–Crippen LogP) is 10.7. The summed E-state index contributed by atoms with van der Waals surface area (Å²) in [4.78, 5) is 0. The first-order valence-corrected chi connectivity index (χ1v) is 18.0. The molecule has 0 heterocycles. The monoisotopic (exact) mass is 554 g/mol. The van der Waals surface area contributed by atoms with Crippen molar-refractivity contribution < 1.29 is 17.1 Å². The van der Waals surface area contributed by atoms with Crippen molar-refractivity contribution in [2.45, 2.75) is 128 Å². The van der Waals surface area contributed by atoms with Gasteiger partial charge in [-0.25, -0.2) is 12.1 Å². The summed E-state index contributed by atoms with van der Waals surface area (Å²) in [5.74, 6) is 0. The summed E-state index contributed by atoms with van der Waals surface area (Å²) in [6, 6.07) is 17.6. The molecule has 0 aliphatic heterocycles. The fourth-order valence-corrected chi connectivity index (χ4v) is 13.4. The average molecular weight is 555 g/mol. The molecule has 2 fully saturated rings. The van der Waals surface area contributed by atoms with E-state index in [0.29, 0.717) is 0 Å². The van der Waals surface area contributed by atoms with E-state index in [1.54, 1.807) is 0 Å². The van der Waals surface area contributed by atoms with Crippen LogP contribution in [0.15, 0.2) is 48.5 Å². The minimum absolute atomic E-state index is 0. The van der Waals surface area contributed by atoms with Gasteiger partial charge in [-0.3, -0.25) is 0 Å². The Labute approximate surface area is 231 Å². The van der Waals surface area contributed by atoms with E-state index in [1.807, 2.05) is 41.2 Å². The van der Waals surface area contributed by atoms with E-state index in [4.69, 9.17) is 0 Å². The normalized spacial score (nSPS) is 18.2. The molecule has 0 aromatic heterocycles. The van der Waals surface area contributed by atoms with Crippen molar-refractivity contribution in [3.63, 3.8) is 0 Å². The number of rotatable bonds is 11. The third-order valence-electron chi connectivity index (χ3n) is 8.19. The van der Waals surface area contributed by atoms with Crippen LogP contribution in [-0.4, -0.2) is 23.6 Å². The Morgan fingerprint density at radius 1 is 0.800 bits per heavy atom. The standard InChI is InChI=1S/C27H47P2.C5H5.Fe/c1-4-6-21-28(22-7-5-2)23(3)26-19-14-20-27(26)29(24-15-10-8-11-16-24)25-17-12-9-13-18-25;1-2-4-5-3-1;/h14,19-20,23-25H,4-13,15-18,21-22H2,1-3H3;1-5H;/q-1;-5;. The first-order chi connectivity index (χ1) is 16.8. The van der Waals surface area contributed by atoms with Crippen LogP contribution in [0.25, 0.3) is 0 Å². The molecular formula is C32H52FeP2-6. The molecule has 2 aliphatic rings. The smallest absolute Gasteiger partial charge is 0 e. The van der Waals surface area contributed by atoms with E-state index in [0.717, 1.165) is 17.0 Å². The summed E-state index contributed by atoms with van der Waals surface area (Å²) >= 11 is 0. The molecule has 0 saturated heterocycles. The minimum Gasteiger partial charge on any atom is -0.748 e. The van der Waals surface area contributed by atoms with E-state index in [9.17, 15) is 0 Å². The van der Waals surface area contributed by atoms with Crippen molar-refractivity contribution >= 4 is 21.1 Å². The second-order valence-corrected chi connectivity index (χ2v) is 16.3. The van der Waals surface area contributed by atoms with Gasteiger partial charge in [-0.1, -0.05) is 80.1 Å². The van der Waals surface area contributed by atoms with Crippen LogP contribution in [0.2, 0.25) is 0 Å². The molecule has 3 heteroatoms. The molecule has 204 valence electrons. The molecule has 0 N–H and O–H groups in total. The van der Waals surface area contributed by atoms with Gasteiger partial charge in [-0.2, -0.15) is 6.07 Å². The van der Waals surface area contributed by atoms with Crippen LogP contribution in [0.3, 0.4) is 0 Å². The van der Waals surface area contributed by atoms with Gasteiger partial charge in [0.15, 0.2) is 0 Å². The van der Waals surface area contributed by atoms with Crippen LogP contribution in [0.4, 0.5) is 0 Å². The maximum atomic E-state index is 2.62. The average Bonchev–Trinajstić information content (AvgIpc) is 3.61. The predicted molar refractivity (Wildman–Crippen MR) is 159 cm³/mol. The summed E-state index contributed by atoms with van der Waals surface area (Å²) in [6.45, 7) is 7.36. The zero-order valence-electron chi connectivity index (χ0n) is 22.9. The van der Waals surface area contributed by atoms with Crippen LogP contribution in [0.1, 0.15) is 122 Å². The van der Waals surface area contributed by atoms with Crippen LogP contribution in [0.5, 0.6) is 0 Å². The molecule has 35 heavy (non-hydrogen) atoms. The zero-order valence-corrected chi connectivity index (χ0v) is 25.8. The van der Waals surface area contributed by atoms with E-state index in [-0.39, 0.29) is 32.9 Å². The van der Waals surface area contributed by atoms with Crippen LogP contribution >= 0.6 is 15.8 Å². The van der Waals surface area contributed by atoms with Crippen molar-refractivity contribution in [1.29, 1.82) is 0 Å². The van der Waals surface area contributed by atoms with E-state index in [2.05, 4.69) is 39.0 Å². The van der Waals surface area contributed by atoms with Crippen molar-refractivity contribution in [1.82, 2.24) is 0 Å². The second kappa shape index (κ2) is 18.4. The Morgan fingerprint density at radius 3 is 1.69 bits per heavy atom. The fourth-order valence-electron chi connectivity index (χ4n) is 6.16. The fraction of sp³-hybridized carbons (Fsp3) is 0.688. The van der Waals surface area contributed by atoms with Gasteiger partial charge in [-0.15, -0.1) is 18.8 Å². The number of hydrogen-bond acceptors (Lipinski definition) is 0. The molecular weight excluding hydrogens is 502 g/mol. The van der Waals surface area contributed by atoms with Crippen molar-refractivity contribution in [2.75, 3.05) is 12.3 Å². The van der Waals surface area contributed by atoms with E-state index in [1.165, 1.54) is 102 Å². The maximum Gasteiger partial charge on any atom is 0 e. The Morgan fingerprint density at radius 2 is 1.26 bits per heavy atom. The molecule has 4 rings (SSSR count). The van der Waals surface area contributed by atoms with Gasteiger partial charge < -0.3 is 30.3 Å². The molecule has 0 amide bonds. The number of hydrogen-bond donors (Lipinski definition) is 0. The summed E-state index contributed by atoms with van der Waals surface area (Å²) < 4.78 is 0. The molecule has 0 bridgehead atoms. The van der Waals surface area contributed by atoms with Gasteiger partial charge in [0.2, 0.25) is 0 Å². The van der Waals surface area contributed by atoms with Crippen LogP contribution < -0.4 is 5.30 Å². The van der Waals surface area contributed by atoms with Gasteiger partial charge in [0.1, 0.15) is 0 Å². The van der Waals surface area contributed by atoms with Crippen LogP contribution in [0, 0.1) is 0 Å². The summed E-state index contributed by atoms with van der Waals surface area (Å²) in [6.07, 6.45) is 23.7. The summed E-state index contributed by atoms with van der Waals surface area (Å²) in [5.41, 5.74) is 4.70. The van der Waals surface area contributed by atoms with Crippen molar-refractivity contribution in [2.24, 2.45) is 0 Å². The molecule has 0 nitrogen and oxygen atoms in total. The topological polar surface area (TPSA) is 0 Å². The van der Waals surface area contributed by atoms with Gasteiger partial charge >= 0.3 is 0 Å². The second-order valence-electron chi connectivity index (χ2n) is 10.7. The van der Waals surface area contributed by atoms with Gasteiger partial charge in [-0.05, 0) is 67.8 Å². The largest absolute Gasteiger partial charge is 0.748 e. The molecule has 2 aromatic carbocycles. The Kier molecular flexibility index (Phi) is 16.4. The molecule has 2 aliphatic carbocycles. The molecule has 2 aromatic rings. The van der Waals surface area contributed by atoms with Crippen molar-refractivity contribution in [3.8, 4) is 0 Å². The van der Waals surface area contributed by atoms with Gasteiger partial charge in [0.25, 0.3) is 0 Å². The van der Waals surface area contributed by atoms with Crippen LogP contribution in [-0.2, 0) is 17.1 Å². The molecule has 0 radical (unpaired) electrons.